The predicted molar refractivity (Wildman–Crippen MR) is 90.0 cm³/mol. The molecule has 6 nitrogen and oxygen atoms in total. The van der Waals surface area contributed by atoms with Crippen LogP contribution in [0, 0.1) is 23.7 Å². The fourth-order valence-electron chi connectivity index (χ4n) is 1.77. The van der Waals surface area contributed by atoms with Gasteiger partial charge in [-0.1, -0.05) is 12.1 Å². The smallest absolute Gasteiger partial charge is 0.416 e. The summed E-state index contributed by atoms with van der Waals surface area (Å²) >= 11 is 0. The number of alkyl halides is 3. The largest absolute Gasteiger partial charge is 0.477 e. The Hall–Kier alpha value is -3.59. The van der Waals surface area contributed by atoms with Crippen molar-refractivity contribution in [3.05, 3.63) is 59.3 Å². The molecule has 2 aromatic rings. The van der Waals surface area contributed by atoms with Gasteiger partial charge in [-0.25, -0.2) is 15.5 Å². The second kappa shape index (κ2) is 11.9. The van der Waals surface area contributed by atoms with E-state index in [1.54, 1.807) is 18.3 Å². The number of rotatable bonds is 5. The minimum absolute atomic E-state index is 0.322. The molecule has 9 heteroatoms. The van der Waals surface area contributed by atoms with Gasteiger partial charge in [0.25, 0.3) is 0 Å². The van der Waals surface area contributed by atoms with Crippen LogP contribution >= 0.6 is 0 Å². The Bertz CT molecular complexity index is 701. The SMILES string of the molecule is C#N.C#N.NN=Cc1ccc(OCCc2ccc(C(F)(F)F)cc2)nc1. The monoisotopic (exact) mass is 363 g/mol. The van der Waals surface area contributed by atoms with Crippen molar-refractivity contribution < 1.29 is 17.9 Å². The van der Waals surface area contributed by atoms with Crippen molar-refractivity contribution in [2.75, 3.05) is 6.61 Å². The molecule has 0 radical (unpaired) electrons. The number of nitriles is 2. The van der Waals surface area contributed by atoms with Crippen molar-refractivity contribution in [1.82, 2.24) is 4.98 Å². The van der Waals surface area contributed by atoms with Gasteiger partial charge in [-0.2, -0.15) is 18.3 Å². The molecule has 0 saturated heterocycles. The van der Waals surface area contributed by atoms with Crippen molar-refractivity contribution in [3.63, 3.8) is 0 Å². The summed E-state index contributed by atoms with van der Waals surface area (Å²) in [5.74, 6) is 5.45. The maximum absolute atomic E-state index is 12.4. The first-order chi connectivity index (χ1) is 12.5. The third kappa shape index (κ3) is 7.79. The molecule has 136 valence electrons. The van der Waals surface area contributed by atoms with Crippen LogP contribution in [0.3, 0.4) is 0 Å². The van der Waals surface area contributed by atoms with Gasteiger partial charge in [-0.3, -0.25) is 0 Å². The summed E-state index contributed by atoms with van der Waals surface area (Å²) < 4.78 is 42.7. The van der Waals surface area contributed by atoms with E-state index in [9.17, 15) is 13.2 Å². The standard InChI is InChI=1S/C15H14F3N3O.2CHN/c16-15(17,18)13-4-1-11(2-5-13)7-8-22-14-6-3-12(9-20-14)10-21-19;2*1-2/h1-6,9-10H,7-8,19H2;2*1H. The lowest BCUT2D eigenvalue weighted by atomic mass is 10.1. The molecule has 1 heterocycles. The molecule has 1 aromatic heterocycles. The van der Waals surface area contributed by atoms with E-state index in [1.807, 2.05) is 0 Å². The minimum Gasteiger partial charge on any atom is -0.477 e. The highest BCUT2D eigenvalue weighted by molar-refractivity contribution is 5.78. The number of pyridine rings is 1. The number of ether oxygens (including phenoxy) is 1. The van der Waals surface area contributed by atoms with Crippen molar-refractivity contribution in [1.29, 1.82) is 10.5 Å². The Kier molecular flexibility index (Phi) is 10.2. The molecule has 0 saturated carbocycles. The van der Waals surface area contributed by atoms with Crippen molar-refractivity contribution >= 4 is 6.21 Å². The van der Waals surface area contributed by atoms with E-state index in [0.29, 0.717) is 18.9 Å². The highest BCUT2D eigenvalue weighted by Crippen LogP contribution is 2.29. The molecule has 2 N–H and O–H groups in total. The number of benzene rings is 1. The highest BCUT2D eigenvalue weighted by atomic mass is 19.4. The predicted octanol–water partition coefficient (Wildman–Crippen LogP) is 3.29. The summed E-state index contributed by atoms with van der Waals surface area (Å²) in [4.78, 5) is 4.06. The van der Waals surface area contributed by atoms with E-state index in [-0.39, 0.29) is 0 Å². The summed E-state index contributed by atoms with van der Waals surface area (Å²) in [7, 11) is 0. The van der Waals surface area contributed by atoms with Gasteiger partial charge in [-0.05, 0) is 23.8 Å². The molecule has 0 bridgehead atoms. The highest BCUT2D eigenvalue weighted by Gasteiger charge is 2.29. The zero-order chi connectivity index (χ0) is 20.0. The molecule has 0 aliphatic heterocycles. The van der Waals surface area contributed by atoms with Gasteiger partial charge < -0.3 is 10.6 Å². The van der Waals surface area contributed by atoms with Crippen molar-refractivity contribution in [3.8, 4) is 19.0 Å². The summed E-state index contributed by atoms with van der Waals surface area (Å²) in [6, 6.07) is 8.44. The second-order valence-electron chi connectivity index (χ2n) is 4.50. The van der Waals surface area contributed by atoms with Gasteiger partial charge in [0.2, 0.25) is 5.88 Å². The molecule has 0 fully saturated rings. The van der Waals surface area contributed by atoms with Gasteiger partial charge in [-0.15, -0.1) is 0 Å². The van der Waals surface area contributed by atoms with E-state index in [4.69, 9.17) is 21.1 Å². The summed E-state index contributed by atoms with van der Waals surface area (Å²) in [6.45, 7) is 7.32. The van der Waals surface area contributed by atoms with E-state index >= 15 is 0 Å². The van der Waals surface area contributed by atoms with Crippen LogP contribution in [0.2, 0.25) is 0 Å². The maximum atomic E-state index is 12.4. The number of halogens is 3. The topological polar surface area (TPSA) is 108 Å². The lowest BCUT2D eigenvalue weighted by Gasteiger charge is -2.08. The third-order valence-electron chi connectivity index (χ3n) is 2.90. The maximum Gasteiger partial charge on any atom is 0.416 e. The average Bonchev–Trinajstić information content (AvgIpc) is 2.66. The van der Waals surface area contributed by atoms with Crippen LogP contribution < -0.4 is 10.6 Å². The summed E-state index contributed by atoms with van der Waals surface area (Å²) in [5.41, 5.74) is 0.855. The van der Waals surface area contributed by atoms with E-state index in [2.05, 4.69) is 23.2 Å². The van der Waals surface area contributed by atoms with Crippen LogP contribution in [0.4, 0.5) is 13.2 Å². The Morgan fingerprint density at radius 1 is 1.08 bits per heavy atom. The Labute approximate surface area is 149 Å². The molecule has 0 aliphatic rings. The number of nitrogens with two attached hydrogens (primary N) is 1. The van der Waals surface area contributed by atoms with E-state index in [0.717, 1.165) is 23.3 Å². The number of nitrogens with zero attached hydrogens (tertiary/aromatic N) is 4. The zero-order valence-corrected chi connectivity index (χ0v) is 13.6. The Balaban J connectivity index is 0.00000146. The van der Waals surface area contributed by atoms with Crippen molar-refractivity contribution in [2.24, 2.45) is 10.9 Å². The zero-order valence-electron chi connectivity index (χ0n) is 13.6. The fraction of sp³-hybridized carbons (Fsp3) is 0.176. The van der Waals surface area contributed by atoms with Crippen LogP contribution in [0.1, 0.15) is 16.7 Å². The van der Waals surface area contributed by atoms with E-state index < -0.39 is 11.7 Å². The van der Waals surface area contributed by atoms with Gasteiger partial charge in [0, 0.05) is 37.4 Å². The van der Waals surface area contributed by atoms with Crippen LogP contribution in [-0.4, -0.2) is 17.8 Å². The van der Waals surface area contributed by atoms with Crippen LogP contribution in [-0.2, 0) is 12.6 Å². The van der Waals surface area contributed by atoms with Gasteiger partial charge in [0.05, 0.1) is 18.4 Å². The van der Waals surface area contributed by atoms with Crippen LogP contribution in [0.5, 0.6) is 5.88 Å². The lowest BCUT2D eigenvalue weighted by molar-refractivity contribution is -0.137. The quantitative estimate of drug-likeness (QED) is 0.498. The fourth-order valence-corrected chi connectivity index (χ4v) is 1.77. The second-order valence-corrected chi connectivity index (χ2v) is 4.50. The number of hydrazone groups is 1. The van der Waals surface area contributed by atoms with Gasteiger partial charge in [0.1, 0.15) is 0 Å². The number of aromatic nitrogens is 1. The van der Waals surface area contributed by atoms with E-state index in [1.165, 1.54) is 18.3 Å². The third-order valence-corrected chi connectivity index (χ3v) is 2.90. The Morgan fingerprint density at radius 3 is 2.15 bits per heavy atom. The molecule has 0 atom stereocenters. The average molecular weight is 363 g/mol. The molecular formula is C17H16F3N5O. The van der Waals surface area contributed by atoms with Crippen molar-refractivity contribution in [2.45, 2.75) is 12.6 Å². The first-order valence-electron chi connectivity index (χ1n) is 6.99. The molecule has 0 aliphatic carbocycles. The van der Waals surface area contributed by atoms with Gasteiger partial charge in [0.15, 0.2) is 0 Å². The summed E-state index contributed by atoms with van der Waals surface area (Å²) in [6.07, 6.45) is -0.803. The first kappa shape index (κ1) is 22.4. The number of hydrogen-bond acceptors (Lipinski definition) is 6. The molecule has 0 unspecified atom stereocenters. The van der Waals surface area contributed by atoms with Crippen LogP contribution in [0.15, 0.2) is 47.7 Å². The molecule has 2 rings (SSSR count). The first-order valence-corrected chi connectivity index (χ1v) is 6.99. The molecule has 26 heavy (non-hydrogen) atoms. The summed E-state index contributed by atoms with van der Waals surface area (Å²) in [5, 5.41) is 16.4. The molecule has 0 spiro atoms. The van der Waals surface area contributed by atoms with Gasteiger partial charge >= 0.3 is 6.18 Å². The molecule has 0 amide bonds. The molecular weight excluding hydrogens is 347 g/mol. The normalized spacial score (nSPS) is 10.1. The lowest BCUT2D eigenvalue weighted by Crippen LogP contribution is -2.06. The Morgan fingerprint density at radius 2 is 1.69 bits per heavy atom. The minimum atomic E-state index is -4.31. The van der Waals surface area contributed by atoms with Crippen LogP contribution in [0.25, 0.3) is 0 Å². The number of hydrogen-bond donors (Lipinski definition) is 1. The molecule has 1 aromatic carbocycles.